The molecule has 1 aliphatic rings. The van der Waals surface area contributed by atoms with Crippen molar-refractivity contribution in [2.24, 2.45) is 5.92 Å². The second kappa shape index (κ2) is 6.45. The highest BCUT2D eigenvalue weighted by atomic mass is 79.9. The summed E-state index contributed by atoms with van der Waals surface area (Å²) in [6, 6.07) is 4.96. The molecule has 1 saturated carbocycles. The number of aliphatic hydroxyl groups is 1. The number of aliphatic hydroxyl groups excluding tert-OH is 1. The lowest BCUT2D eigenvalue weighted by molar-refractivity contribution is -0.385. The minimum Gasteiger partial charge on any atom is -0.393 e. The molecule has 5 nitrogen and oxygen atoms in total. The van der Waals surface area contributed by atoms with E-state index in [1.54, 1.807) is 12.1 Å². The lowest BCUT2D eigenvalue weighted by Crippen LogP contribution is -2.21. The van der Waals surface area contributed by atoms with Crippen molar-refractivity contribution in [2.45, 2.75) is 31.9 Å². The second-order valence-corrected chi connectivity index (χ2v) is 5.91. The minimum absolute atomic E-state index is 0.141. The van der Waals surface area contributed by atoms with Crippen LogP contribution in [0.1, 0.15) is 24.8 Å². The van der Waals surface area contributed by atoms with Crippen molar-refractivity contribution in [1.82, 2.24) is 5.32 Å². The summed E-state index contributed by atoms with van der Waals surface area (Å²) in [5.74, 6) is 0.473. The Balaban J connectivity index is 1.91. The Morgan fingerprint density at radius 3 is 2.89 bits per heavy atom. The van der Waals surface area contributed by atoms with Crippen LogP contribution in [0, 0.1) is 16.0 Å². The van der Waals surface area contributed by atoms with Crippen LogP contribution in [0.4, 0.5) is 5.69 Å². The van der Waals surface area contributed by atoms with Crippen molar-refractivity contribution in [3.05, 3.63) is 38.3 Å². The first-order valence-electron chi connectivity index (χ1n) is 6.38. The molecule has 0 spiro atoms. The van der Waals surface area contributed by atoms with Crippen molar-refractivity contribution in [3.63, 3.8) is 0 Å². The van der Waals surface area contributed by atoms with E-state index in [9.17, 15) is 15.2 Å². The Morgan fingerprint density at radius 1 is 1.47 bits per heavy atom. The molecule has 0 saturated heterocycles. The van der Waals surface area contributed by atoms with Crippen LogP contribution in [0.2, 0.25) is 0 Å². The van der Waals surface area contributed by atoms with Gasteiger partial charge in [0, 0.05) is 22.6 Å². The Bertz CT molecular complexity index is 467. The molecule has 2 N–H and O–H groups in total. The first kappa shape index (κ1) is 14.4. The lowest BCUT2D eigenvalue weighted by Gasteiger charge is -2.11. The number of hydrogen-bond donors (Lipinski definition) is 2. The van der Waals surface area contributed by atoms with Crippen LogP contribution in [-0.4, -0.2) is 22.7 Å². The third-order valence-electron chi connectivity index (χ3n) is 3.50. The molecule has 0 bridgehead atoms. The molecule has 1 fully saturated rings. The number of hydrogen-bond acceptors (Lipinski definition) is 4. The van der Waals surface area contributed by atoms with Crippen molar-refractivity contribution in [2.75, 3.05) is 6.54 Å². The molecule has 1 aromatic carbocycles. The fourth-order valence-corrected chi connectivity index (χ4v) is 2.93. The Morgan fingerprint density at radius 2 is 2.26 bits per heavy atom. The number of benzene rings is 1. The molecule has 1 aliphatic carbocycles. The van der Waals surface area contributed by atoms with Gasteiger partial charge in [-0.2, -0.15) is 0 Å². The second-order valence-electron chi connectivity index (χ2n) is 4.99. The van der Waals surface area contributed by atoms with Gasteiger partial charge >= 0.3 is 0 Å². The van der Waals surface area contributed by atoms with Crippen molar-refractivity contribution in [3.8, 4) is 0 Å². The van der Waals surface area contributed by atoms with Gasteiger partial charge in [0.2, 0.25) is 0 Å². The molecule has 0 aromatic heterocycles. The molecular weight excluding hydrogens is 312 g/mol. The van der Waals surface area contributed by atoms with Gasteiger partial charge in [0.25, 0.3) is 5.69 Å². The van der Waals surface area contributed by atoms with Crippen molar-refractivity contribution in [1.29, 1.82) is 0 Å². The van der Waals surface area contributed by atoms with Crippen LogP contribution in [0.5, 0.6) is 0 Å². The summed E-state index contributed by atoms with van der Waals surface area (Å²) >= 11 is 3.33. The van der Waals surface area contributed by atoms with E-state index in [0.717, 1.165) is 30.3 Å². The summed E-state index contributed by atoms with van der Waals surface area (Å²) in [5, 5.41) is 23.6. The predicted molar refractivity (Wildman–Crippen MR) is 75.9 cm³/mol. The minimum atomic E-state index is -0.358. The van der Waals surface area contributed by atoms with Gasteiger partial charge in [-0.3, -0.25) is 10.1 Å². The number of nitrogens with zero attached hydrogens (tertiary/aromatic N) is 1. The molecule has 0 amide bonds. The maximum Gasteiger partial charge on any atom is 0.273 e. The first-order valence-corrected chi connectivity index (χ1v) is 7.17. The number of nitro groups is 1. The van der Waals surface area contributed by atoms with Crippen LogP contribution < -0.4 is 5.32 Å². The quantitative estimate of drug-likeness (QED) is 0.643. The fourth-order valence-electron chi connectivity index (χ4n) is 2.52. The van der Waals surface area contributed by atoms with E-state index in [4.69, 9.17) is 0 Å². The van der Waals surface area contributed by atoms with Crippen LogP contribution in [-0.2, 0) is 6.54 Å². The van der Waals surface area contributed by atoms with Gasteiger partial charge in [-0.25, -0.2) is 0 Å². The van der Waals surface area contributed by atoms with Gasteiger partial charge in [-0.05, 0) is 43.9 Å². The zero-order valence-corrected chi connectivity index (χ0v) is 12.1. The molecule has 0 heterocycles. The maximum atomic E-state index is 10.9. The Kier molecular flexibility index (Phi) is 4.90. The third kappa shape index (κ3) is 3.99. The van der Waals surface area contributed by atoms with E-state index in [0.29, 0.717) is 18.0 Å². The number of nitrogens with one attached hydrogen (secondary N) is 1. The summed E-state index contributed by atoms with van der Waals surface area (Å²) in [4.78, 5) is 10.6. The van der Waals surface area contributed by atoms with E-state index >= 15 is 0 Å². The van der Waals surface area contributed by atoms with Gasteiger partial charge in [-0.15, -0.1) is 0 Å². The van der Waals surface area contributed by atoms with Crippen LogP contribution in [0.3, 0.4) is 0 Å². The molecule has 104 valence electrons. The van der Waals surface area contributed by atoms with Gasteiger partial charge in [0.1, 0.15) is 0 Å². The van der Waals surface area contributed by atoms with Gasteiger partial charge in [-0.1, -0.05) is 15.9 Å². The van der Waals surface area contributed by atoms with Gasteiger partial charge < -0.3 is 10.4 Å². The summed E-state index contributed by atoms with van der Waals surface area (Å²) in [5.41, 5.74) is 0.820. The van der Waals surface area contributed by atoms with E-state index in [2.05, 4.69) is 21.2 Å². The number of rotatable bonds is 5. The summed E-state index contributed by atoms with van der Waals surface area (Å²) in [6.45, 7) is 1.27. The van der Waals surface area contributed by atoms with E-state index in [-0.39, 0.29) is 16.7 Å². The average Bonchev–Trinajstić information content (AvgIpc) is 2.75. The normalized spacial score (nSPS) is 22.6. The maximum absolute atomic E-state index is 10.9. The Hall–Kier alpha value is -0.980. The predicted octanol–water partition coefficient (Wildman–Crippen LogP) is 2.61. The molecule has 0 aliphatic heterocycles. The van der Waals surface area contributed by atoms with Crippen LogP contribution in [0.25, 0.3) is 0 Å². The van der Waals surface area contributed by atoms with Crippen molar-refractivity contribution < 1.29 is 10.0 Å². The monoisotopic (exact) mass is 328 g/mol. The lowest BCUT2D eigenvalue weighted by atomic mass is 10.1. The number of halogens is 1. The summed E-state index contributed by atoms with van der Waals surface area (Å²) < 4.78 is 0.839. The molecule has 0 radical (unpaired) electrons. The largest absolute Gasteiger partial charge is 0.393 e. The SMILES string of the molecule is O=[N+]([O-])c1ccc(Br)cc1CNCC1CCC(O)C1. The van der Waals surface area contributed by atoms with Gasteiger partial charge in [0.05, 0.1) is 11.0 Å². The highest BCUT2D eigenvalue weighted by Gasteiger charge is 2.22. The third-order valence-corrected chi connectivity index (χ3v) is 3.99. The molecule has 2 unspecified atom stereocenters. The number of nitro benzene ring substituents is 1. The van der Waals surface area contributed by atoms with Gasteiger partial charge in [0.15, 0.2) is 0 Å². The Labute approximate surface area is 120 Å². The van der Waals surface area contributed by atoms with Crippen LogP contribution in [0.15, 0.2) is 22.7 Å². The average molecular weight is 329 g/mol. The summed E-state index contributed by atoms with van der Waals surface area (Å²) in [7, 11) is 0. The fraction of sp³-hybridized carbons (Fsp3) is 0.538. The van der Waals surface area contributed by atoms with E-state index in [1.165, 1.54) is 6.07 Å². The zero-order valence-electron chi connectivity index (χ0n) is 10.5. The zero-order chi connectivity index (χ0) is 13.8. The van der Waals surface area contributed by atoms with Crippen LogP contribution >= 0.6 is 15.9 Å². The van der Waals surface area contributed by atoms with E-state index in [1.807, 2.05) is 0 Å². The standard InChI is InChI=1S/C13H17BrN2O3/c14-11-2-4-13(16(18)19)10(6-11)8-15-7-9-1-3-12(17)5-9/h2,4,6,9,12,15,17H,1,3,5,7-8H2. The molecule has 19 heavy (non-hydrogen) atoms. The molecule has 2 atom stereocenters. The van der Waals surface area contributed by atoms with Crippen molar-refractivity contribution >= 4 is 21.6 Å². The molecular formula is C13H17BrN2O3. The topological polar surface area (TPSA) is 75.4 Å². The summed E-state index contributed by atoms with van der Waals surface area (Å²) in [6.07, 6.45) is 2.54. The molecule has 1 aromatic rings. The van der Waals surface area contributed by atoms with E-state index < -0.39 is 0 Å². The highest BCUT2D eigenvalue weighted by Crippen LogP contribution is 2.26. The molecule has 2 rings (SSSR count). The smallest absolute Gasteiger partial charge is 0.273 e. The highest BCUT2D eigenvalue weighted by molar-refractivity contribution is 9.10. The first-order chi connectivity index (χ1) is 9.06. The molecule has 6 heteroatoms.